The molecule has 0 fully saturated rings. The van der Waals surface area contributed by atoms with Crippen LogP contribution in [0.3, 0.4) is 0 Å². The third-order valence-electron chi connectivity index (χ3n) is 1.68. The molecule has 0 aliphatic heterocycles. The van der Waals surface area contributed by atoms with E-state index in [0.29, 0.717) is 10.3 Å². The van der Waals surface area contributed by atoms with Crippen LogP contribution in [0.2, 0.25) is 0 Å². The van der Waals surface area contributed by atoms with Crippen molar-refractivity contribution in [3.63, 3.8) is 0 Å². The smallest absolute Gasteiger partial charge is 0.320 e. The Morgan fingerprint density at radius 1 is 1.59 bits per heavy atom. The van der Waals surface area contributed by atoms with E-state index in [-0.39, 0.29) is 10.7 Å². The van der Waals surface area contributed by atoms with E-state index < -0.39 is 4.92 Å². The number of nitrogens with zero attached hydrogens (tertiary/aromatic N) is 5. The molecule has 2 heterocycles. The molecule has 0 aliphatic carbocycles. The molecule has 0 saturated carbocycles. The summed E-state index contributed by atoms with van der Waals surface area (Å²) in [4.78, 5) is 18.1. The van der Waals surface area contributed by atoms with Gasteiger partial charge < -0.3 is 5.32 Å². The zero-order valence-corrected chi connectivity index (χ0v) is 10.2. The van der Waals surface area contributed by atoms with Gasteiger partial charge in [0.05, 0.1) is 4.92 Å². The van der Waals surface area contributed by atoms with Crippen LogP contribution in [-0.4, -0.2) is 32.1 Å². The van der Waals surface area contributed by atoms with E-state index in [1.807, 2.05) is 0 Å². The molecular formula is C7H6N6O2S2. The number of nitro groups is 1. The van der Waals surface area contributed by atoms with Gasteiger partial charge in [-0.15, -0.1) is 10.2 Å². The molecule has 0 bridgehead atoms. The van der Waals surface area contributed by atoms with Gasteiger partial charge in [0.2, 0.25) is 5.95 Å². The van der Waals surface area contributed by atoms with E-state index in [2.05, 4.69) is 25.5 Å². The van der Waals surface area contributed by atoms with Gasteiger partial charge in [-0.2, -0.15) is 4.98 Å². The van der Waals surface area contributed by atoms with Crippen molar-refractivity contribution in [1.29, 1.82) is 0 Å². The maximum absolute atomic E-state index is 10.8. The van der Waals surface area contributed by atoms with Gasteiger partial charge in [0, 0.05) is 7.05 Å². The van der Waals surface area contributed by atoms with Crippen LogP contribution in [0.25, 0.3) is 0 Å². The monoisotopic (exact) mass is 270 g/mol. The fraction of sp³-hybridized carbons (Fsp3) is 0.143. The summed E-state index contributed by atoms with van der Waals surface area (Å²) in [6.07, 6.45) is 1.17. The van der Waals surface area contributed by atoms with Crippen molar-refractivity contribution in [1.82, 2.24) is 20.2 Å². The van der Waals surface area contributed by atoms with Crippen LogP contribution in [-0.2, 0) is 0 Å². The lowest BCUT2D eigenvalue weighted by molar-refractivity contribution is -0.388. The van der Waals surface area contributed by atoms with Gasteiger partial charge in [-0.1, -0.05) is 11.3 Å². The summed E-state index contributed by atoms with van der Waals surface area (Å²) in [5.41, 5.74) is 1.40. The van der Waals surface area contributed by atoms with Crippen molar-refractivity contribution < 1.29 is 4.92 Å². The van der Waals surface area contributed by atoms with E-state index in [4.69, 9.17) is 0 Å². The largest absolute Gasteiger partial charge is 0.357 e. The first-order chi connectivity index (χ1) is 8.20. The first kappa shape index (κ1) is 11.7. The minimum absolute atomic E-state index is 0.149. The van der Waals surface area contributed by atoms with E-state index in [1.165, 1.54) is 17.5 Å². The fourth-order valence-electron chi connectivity index (χ4n) is 0.971. The maximum Gasteiger partial charge on any atom is 0.320 e. The Kier molecular flexibility index (Phi) is 3.44. The summed E-state index contributed by atoms with van der Waals surface area (Å²) in [7, 11) is 1.64. The predicted octanol–water partition coefficient (Wildman–Crippen LogP) is 1.43. The number of anilines is 1. The summed E-state index contributed by atoms with van der Waals surface area (Å²) in [6.45, 7) is 0. The lowest BCUT2D eigenvalue weighted by atomic mass is 10.5. The molecule has 0 unspecified atom stereocenters. The molecule has 0 radical (unpaired) electrons. The third kappa shape index (κ3) is 2.65. The number of nitrogens with one attached hydrogen (secondary N) is 1. The Morgan fingerprint density at radius 2 is 2.41 bits per heavy atom. The Morgan fingerprint density at radius 3 is 3.00 bits per heavy atom. The standard InChI is InChI=1S/C7H6N6O2S2/c1-8-6-9-2-4(13(14)15)5(11-6)17-7-12-10-3-16-7/h2-3H,1H3,(H,8,9,11). The topological polar surface area (TPSA) is 107 Å². The molecule has 8 nitrogen and oxygen atoms in total. The molecule has 88 valence electrons. The van der Waals surface area contributed by atoms with Crippen molar-refractivity contribution in [3.8, 4) is 0 Å². The van der Waals surface area contributed by atoms with Crippen LogP contribution in [0, 0.1) is 10.1 Å². The third-order valence-corrected chi connectivity index (χ3v) is 3.45. The van der Waals surface area contributed by atoms with E-state index in [0.717, 1.165) is 11.8 Å². The Labute approximate surface area is 104 Å². The number of hydrogen-bond donors (Lipinski definition) is 1. The summed E-state index contributed by atoms with van der Waals surface area (Å²) in [5.74, 6) is 0.322. The van der Waals surface area contributed by atoms with Crippen LogP contribution in [0.1, 0.15) is 0 Å². The van der Waals surface area contributed by atoms with Crippen molar-refractivity contribution in [2.24, 2.45) is 0 Å². The highest BCUT2D eigenvalue weighted by Crippen LogP contribution is 2.33. The van der Waals surface area contributed by atoms with Gasteiger partial charge in [0.25, 0.3) is 0 Å². The highest BCUT2D eigenvalue weighted by atomic mass is 32.2. The minimum Gasteiger partial charge on any atom is -0.357 e. The molecule has 0 atom stereocenters. The Bertz CT molecular complexity index is 531. The Hall–Kier alpha value is -1.81. The number of aromatic nitrogens is 4. The lowest BCUT2D eigenvalue weighted by Crippen LogP contribution is -2.00. The summed E-state index contributed by atoms with van der Waals surface area (Å²) in [5, 5.41) is 21.2. The van der Waals surface area contributed by atoms with Gasteiger partial charge >= 0.3 is 5.69 Å². The molecule has 10 heteroatoms. The highest BCUT2D eigenvalue weighted by Gasteiger charge is 2.19. The maximum atomic E-state index is 10.8. The fourth-order valence-corrected chi connectivity index (χ4v) is 2.43. The quantitative estimate of drug-likeness (QED) is 0.505. The van der Waals surface area contributed by atoms with E-state index in [9.17, 15) is 10.1 Å². The molecule has 0 aromatic carbocycles. The molecule has 0 aliphatic rings. The average molecular weight is 270 g/mol. The highest BCUT2D eigenvalue weighted by molar-refractivity contribution is 8.01. The molecule has 2 aromatic rings. The van der Waals surface area contributed by atoms with Crippen LogP contribution in [0.5, 0.6) is 0 Å². The molecule has 0 amide bonds. The zero-order chi connectivity index (χ0) is 12.3. The average Bonchev–Trinajstić information content (AvgIpc) is 2.81. The second-order valence-corrected chi connectivity index (χ2v) is 4.77. The molecule has 1 N–H and O–H groups in total. The van der Waals surface area contributed by atoms with E-state index >= 15 is 0 Å². The number of rotatable bonds is 4. The van der Waals surface area contributed by atoms with Crippen molar-refractivity contribution in [3.05, 3.63) is 21.8 Å². The second kappa shape index (κ2) is 5.01. The van der Waals surface area contributed by atoms with Gasteiger partial charge in [-0.3, -0.25) is 10.1 Å². The number of hydrogen-bond acceptors (Lipinski definition) is 9. The zero-order valence-electron chi connectivity index (χ0n) is 8.52. The Balaban J connectivity index is 2.38. The molecule has 2 aromatic heterocycles. The van der Waals surface area contributed by atoms with Crippen LogP contribution >= 0.6 is 23.1 Å². The molecule has 17 heavy (non-hydrogen) atoms. The lowest BCUT2D eigenvalue weighted by Gasteiger charge is -2.01. The summed E-state index contributed by atoms with van der Waals surface area (Å²) >= 11 is 2.38. The SMILES string of the molecule is CNc1ncc([N+](=O)[O-])c(Sc2nncs2)n1. The van der Waals surface area contributed by atoms with Crippen molar-refractivity contribution in [2.45, 2.75) is 9.37 Å². The normalized spacial score (nSPS) is 10.2. The molecule has 0 spiro atoms. The van der Waals surface area contributed by atoms with Gasteiger partial charge in [-0.25, -0.2) is 4.98 Å². The predicted molar refractivity (Wildman–Crippen MR) is 62.3 cm³/mol. The first-order valence-corrected chi connectivity index (χ1v) is 6.03. The minimum atomic E-state index is -0.525. The molecule has 2 rings (SSSR count). The van der Waals surface area contributed by atoms with Gasteiger partial charge in [-0.05, 0) is 11.8 Å². The molecular weight excluding hydrogens is 264 g/mol. The summed E-state index contributed by atoms with van der Waals surface area (Å²) in [6, 6.07) is 0. The van der Waals surface area contributed by atoms with Crippen molar-refractivity contribution in [2.75, 3.05) is 12.4 Å². The van der Waals surface area contributed by atoms with E-state index in [1.54, 1.807) is 12.6 Å². The first-order valence-electron chi connectivity index (χ1n) is 4.34. The van der Waals surface area contributed by atoms with Crippen molar-refractivity contribution >= 4 is 34.7 Å². The van der Waals surface area contributed by atoms with Crippen LogP contribution < -0.4 is 5.32 Å². The van der Waals surface area contributed by atoms with Crippen LogP contribution in [0.15, 0.2) is 21.1 Å². The second-order valence-electron chi connectivity index (χ2n) is 2.70. The van der Waals surface area contributed by atoms with Gasteiger partial charge in [0.1, 0.15) is 11.7 Å². The summed E-state index contributed by atoms with van der Waals surface area (Å²) < 4.78 is 0.592. The van der Waals surface area contributed by atoms with Gasteiger partial charge in [0.15, 0.2) is 9.37 Å². The van der Waals surface area contributed by atoms with Crippen LogP contribution in [0.4, 0.5) is 11.6 Å². The molecule has 0 saturated heterocycles.